The number of ether oxygens (including phenoxy) is 2. The van der Waals surface area contributed by atoms with E-state index in [0.717, 1.165) is 5.56 Å². The number of carbonyl (C=O) groups is 1. The lowest BCUT2D eigenvalue weighted by Crippen LogP contribution is -2.22. The molecular weight excluding hydrogens is 360 g/mol. The highest BCUT2D eigenvalue weighted by atomic mass is 16.6. The van der Waals surface area contributed by atoms with E-state index >= 15 is 0 Å². The average molecular weight is 384 g/mol. The summed E-state index contributed by atoms with van der Waals surface area (Å²) in [5, 5.41) is 29.7. The highest BCUT2D eigenvalue weighted by Crippen LogP contribution is 2.31. The molecule has 2 aromatic rings. The van der Waals surface area contributed by atoms with Crippen molar-refractivity contribution in [1.82, 2.24) is 0 Å². The summed E-state index contributed by atoms with van der Waals surface area (Å²) >= 11 is 0. The summed E-state index contributed by atoms with van der Waals surface area (Å²) in [6.07, 6.45) is -0.777. The van der Waals surface area contributed by atoms with Gasteiger partial charge in [0.15, 0.2) is 0 Å². The number of rotatable bonds is 9. The van der Waals surface area contributed by atoms with Gasteiger partial charge in [0.05, 0.1) is 18.2 Å². The van der Waals surface area contributed by atoms with Crippen LogP contribution in [0.15, 0.2) is 48.5 Å². The molecule has 7 nitrogen and oxygen atoms in total. The minimum Gasteiger partial charge on any atom is -0.491 e. The van der Waals surface area contributed by atoms with Crippen LogP contribution in [0.1, 0.15) is 30.6 Å². The number of nitriles is 1. The smallest absolute Gasteiger partial charge is 0.412 e. The second-order valence-corrected chi connectivity index (χ2v) is 6.27. The quantitative estimate of drug-likeness (QED) is 0.612. The van der Waals surface area contributed by atoms with E-state index in [0.29, 0.717) is 23.4 Å². The van der Waals surface area contributed by atoms with Crippen LogP contribution in [0.3, 0.4) is 0 Å². The summed E-state index contributed by atoms with van der Waals surface area (Å²) < 4.78 is 11.1. The van der Waals surface area contributed by atoms with Crippen LogP contribution < -0.4 is 10.1 Å². The van der Waals surface area contributed by atoms with E-state index in [1.165, 1.54) is 0 Å². The van der Waals surface area contributed by atoms with Crippen molar-refractivity contribution in [2.24, 2.45) is 5.92 Å². The Labute approximate surface area is 164 Å². The molecule has 0 saturated carbocycles. The Hall–Kier alpha value is -3.08. The first kappa shape index (κ1) is 21.2. The number of aliphatic hydroxyl groups is 2. The monoisotopic (exact) mass is 384 g/mol. The summed E-state index contributed by atoms with van der Waals surface area (Å²) in [7, 11) is 0. The maximum absolute atomic E-state index is 12.4. The fourth-order valence-corrected chi connectivity index (χ4v) is 2.70. The number of aliphatic hydroxyl groups excluding tert-OH is 2. The number of hydrogen-bond donors (Lipinski definition) is 3. The molecule has 0 aliphatic carbocycles. The normalized spacial score (nSPS) is 12.5. The molecule has 2 atom stereocenters. The molecule has 0 aromatic heterocycles. The van der Waals surface area contributed by atoms with E-state index in [9.17, 15) is 9.90 Å². The van der Waals surface area contributed by atoms with Gasteiger partial charge in [0.1, 0.15) is 18.5 Å². The van der Waals surface area contributed by atoms with Crippen LogP contribution in [-0.2, 0) is 4.74 Å². The molecule has 7 heteroatoms. The van der Waals surface area contributed by atoms with Crippen LogP contribution in [0.2, 0.25) is 0 Å². The van der Waals surface area contributed by atoms with Crippen molar-refractivity contribution < 1.29 is 24.5 Å². The molecule has 0 bridgehead atoms. The summed E-state index contributed by atoms with van der Waals surface area (Å²) in [5.41, 5.74) is 1.73. The largest absolute Gasteiger partial charge is 0.491 e. The van der Waals surface area contributed by atoms with Gasteiger partial charge >= 0.3 is 6.09 Å². The van der Waals surface area contributed by atoms with Gasteiger partial charge < -0.3 is 19.7 Å². The molecule has 0 spiro atoms. The molecule has 0 aliphatic heterocycles. The molecule has 0 fully saturated rings. The van der Waals surface area contributed by atoms with Gasteiger partial charge in [-0.05, 0) is 54.3 Å². The Balaban J connectivity index is 2.13. The zero-order valence-corrected chi connectivity index (χ0v) is 15.7. The van der Waals surface area contributed by atoms with Gasteiger partial charge in [-0.15, -0.1) is 0 Å². The molecule has 148 valence electrons. The van der Waals surface area contributed by atoms with E-state index in [-0.39, 0.29) is 25.7 Å². The number of nitrogens with one attached hydrogen (secondary N) is 1. The van der Waals surface area contributed by atoms with Crippen molar-refractivity contribution >= 4 is 11.8 Å². The number of hydrogen-bond acceptors (Lipinski definition) is 6. The SMILES string of the molecule is C[C@@H](CCO)[C@H](OC(=O)Nc1ccc(C#N)cc1)c1cccc(OCCO)c1. The van der Waals surface area contributed by atoms with Gasteiger partial charge in [0.2, 0.25) is 0 Å². The van der Waals surface area contributed by atoms with Crippen molar-refractivity contribution in [3.05, 3.63) is 59.7 Å². The number of amides is 1. The third-order valence-electron chi connectivity index (χ3n) is 4.14. The highest BCUT2D eigenvalue weighted by molar-refractivity contribution is 5.84. The lowest BCUT2D eigenvalue weighted by Gasteiger charge is -2.24. The van der Waals surface area contributed by atoms with E-state index in [1.807, 2.05) is 19.1 Å². The molecule has 0 radical (unpaired) electrons. The fraction of sp³-hybridized carbons (Fsp3) is 0.333. The van der Waals surface area contributed by atoms with Crippen molar-refractivity contribution in [3.63, 3.8) is 0 Å². The lowest BCUT2D eigenvalue weighted by molar-refractivity contribution is 0.0665. The van der Waals surface area contributed by atoms with Gasteiger partial charge in [-0.25, -0.2) is 4.79 Å². The Bertz CT molecular complexity index is 801. The topological polar surface area (TPSA) is 112 Å². The van der Waals surface area contributed by atoms with Gasteiger partial charge in [-0.1, -0.05) is 19.1 Å². The predicted molar refractivity (Wildman–Crippen MR) is 104 cm³/mol. The zero-order chi connectivity index (χ0) is 20.4. The van der Waals surface area contributed by atoms with Crippen LogP contribution in [0.5, 0.6) is 5.75 Å². The molecule has 2 aromatic carbocycles. The molecule has 0 unspecified atom stereocenters. The molecule has 1 amide bonds. The Morgan fingerprint density at radius 2 is 1.93 bits per heavy atom. The minimum atomic E-state index is -0.638. The van der Waals surface area contributed by atoms with Crippen molar-refractivity contribution in [1.29, 1.82) is 5.26 Å². The van der Waals surface area contributed by atoms with E-state index in [4.69, 9.17) is 19.8 Å². The van der Waals surface area contributed by atoms with Crippen LogP contribution in [0.25, 0.3) is 0 Å². The summed E-state index contributed by atoms with van der Waals surface area (Å²) in [6.45, 7) is 1.93. The maximum atomic E-state index is 12.4. The lowest BCUT2D eigenvalue weighted by atomic mass is 9.94. The van der Waals surface area contributed by atoms with E-state index in [1.54, 1.807) is 42.5 Å². The zero-order valence-electron chi connectivity index (χ0n) is 15.7. The Morgan fingerprint density at radius 3 is 2.57 bits per heavy atom. The summed E-state index contributed by atoms with van der Waals surface area (Å²) in [6, 6.07) is 15.6. The molecule has 0 aliphatic rings. The number of anilines is 1. The first-order chi connectivity index (χ1) is 13.6. The minimum absolute atomic E-state index is 0.0288. The summed E-state index contributed by atoms with van der Waals surface area (Å²) in [4.78, 5) is 12.4. The molecule has 28 heavy (non-hydrogen) atoms. The average Bonchev–Trinajstić information content (AvgIpc) is 2.71. The third-order valence-corrected chi connectivity index (χ3v) is 4.14. The highest BCUT2D eigenvalue weighted by Gasteiger charge is 2.24. The van der Waals surface area contributed by atoms with Crippen LogP contribution in [-0.4, -0.2) is 36.1 Å². The molecule has 2 rings (SSSR count). The predicted octanol–water partition coefficient (Wildman–Crippen LogP) is 3.24. The standard InChI is InChI=1S/C21H24N2O5/c1-15(9-10-24)20(17-3-2-4-19(13-17)27-12-11-25)28-21(26)23-18-7-5-16(14-22)6-8-18/h2-8,13,15,20,24-25H,9-12H2,1H3,(H,23,26)/t15-,20-/m0/s1. The van der Waals surface area contributed by atoms with E-state index < -0.39 is 12.2 Å². The summed E-state index contributed by atoms with van der Waals surface area (Å²) in [5.74, 6) is 0.425. The van der Waals surface area contributed by atoms with Crippen LogP contribution >= 0.6 is 0 Å². The van der Waals surface area contributed by atoms with Gasteiger partial charge in [0.25, 0.3) is 0 Å². The first-order valence-corrected chi connectivity index (χ1v) is 8.99. The fourth-order valence-electron chi connectivity index (χ4n) is 2.70. The van der Waals surface area contributed by atoms with Crippen LogP contribution in [0.4, 0.5) is 10.5 Å². The molecular formula is C21H24N2O5. The third kappa shape index (κ3) is 6.27. The van der Waals surface area contributed by atoms with Gasteiger partial charge in [0, 0.05) is 12.3 Å². The number of nitrogens with zero attached hydrogens (tertiary/aromatic N) is 1. The van der Waals surface area contributed by atoms with Gasteiger partial charge in [-0.3, -0.25) is 5.32 Å². The molecule has 0 saturated heterocycles. The van der Waals surface area contributed by atoms with Crippen molar-refractivity contribution in [2.45, 2.75) is 19.4 Å². The Morgan fingerprint density at radius 1 is 1.18 bits per heavy atom. The second-order valence-electron chi connectivity index (χ2n) is 6.27. The maximum Gasteiger partial charge on any atom is 0.412 e. The molecule has 3 N–H and O–H groups in total. The number of carbonyl (C=O) groups excluding carboxylic acids is 1. The van der Waals surface area contributed by atoms with E-state index in [2.05, 4.69) is 5.32 Å². The number of benzene rings is 2. The second kappa shape index (κ2) is 10.9. The first-order valence-electron chi connectivity index (χ1n) is 8.99. The Kier molecular flexibility index (Phi) is 8.28. The van der Waals surface area contributed by atoms with Gasteiger partial charge in [-0.2, -0.15) is 5.26 Å². The van der Waals surface area contributed by atoms with Crippen molar-refractivity contribution in [2.75, 3.05) is 25.1 Å². The molecule has 0 heterocycles. The van der Waals surface area contributed by atoms with Crippen molar-refractivity contribution in [3.8, 4) is 11.8 Å². The van der Waals surface area contributed by atoms with Crippen LogP contribution in [0, 0.1) is 17.2 Å².